The summed E-state index contributed by atoms with van der Waals surface area (Å²) >= 11 is 3.16. The Morgan fingerprint density at radius 3 is 2.19 bits per heavy atom. The van der Waals surface area contributed by atoms with Gasteiger partial charge in [0.05, 0.1) is 0 Å². The Hall–Kier alpha value is 0.0823. The summed E-state index contributed by atoms with van der Waals surface area (Å²) in [6.07, 6.45) is 0.797. The first-order valence-corrected chi connectivity index (χ1v) is 5.48. The molecule has 0 aromatic rings. The summed E-state index contributed by atoms with van der Waals surface area (Å²) in [6, 6.07) is 0. The SMILES string of the molecule is [CH2-]CCC(=O)OCCOC(=O)C(C)(C)Br.[Pd]. The molecule has 0 rings (SSSR count). The normalized spacial score (nSPS) is 10.2. The van der Waals surface area contributed by atoms with Crippen LogP contribution >= 0.6 is 15.9 Å². The number of alkyl halides is 1. The minimum Gasteiger partial charge on any atom is -0.462 e. The van der Waals surface area contributed by atoms with Gasteiger partial charge in [-0.05, 0) is 13.8 Å². The third-order valence-corrected chi connectivity index (χ3v) is 1.77. The van der Waals surface area contributed by atoms with Crippen LogP contribution in [-0.4, -0.2) is 29.5 Å². The van der Waals surface area contributed by atoms with E-state index in [1.165, 1.54) is 0 Å². The van der Waals surface area contributed by atoms with E-state index in [2.05, 4.69) is 22.9 Å². The van der Waals surface area contributed by atoms with Gasteiger partial charge in [-0.2, -0.15) is 6.42 Å². The van der Waals surface area contributed by atoms with Crippen LogP contribution in [0.15, 0.2) is 0 Å². The van der Waals surface area contributed by atoms with Gasteiger partial charge in [-0.3, -0.25) is 9.59 Å². The zero-order valence-electron chi connectivity index (χ0n) is 9.36. The van der Waals surface area contributed by atoms with Gasteiger partial charge in [-0.1, -0.05) is 15.9 Å². The van der Waals surface area contributed by atoms with Gasteiger partial charge in [0, 0.05) is 26.8 Å². The Kier molecular flexibility index (Phi) is 10.5. The summed E-state index contributed by atoms with van der Waals surface area (Å²) in [5, 5.41) is 0. The molecule has 0 N–H and O–H groups in total. The van der Waals surface area contributed by atoms with Crippen molar-refractivity contribution >= 4 is 27.9 Å². The van der Waals surface area contributed by atoms with Crippen LogP contribution in [0.3, 0.4) is 0 Å². The first kappa shape index (κ1) is 18.4. The molecular weight excluding hydrogens is 370 g/mol. The van der Waals surface area contributed by atoms with Crippen molar-refractivity contribution in [1.29, 1.82) is 0 Å². The standard InChI is InChI=1S/C10H16BrO4.Pd/c1-4-5-8(12)14-6-7-15-9(13)10(2,3)11;/h1,4-7H2,2-3H3;/q-1;. The molecule has 16 heavy (non-hydrogen) atoms. The van der Waals surface area contributed by atoms with Crippen LogP contribution in [0.1, 0.15) is 26.7 Å². The molecule has 0 fully saturated rings. The number of hydrogen-bond donors (Lipinski definition) is 0. The molecule has 0 aromatic heterocycles. The van der Waals surface area contributed by atoms with Crippen molar-refractivity contribution in [2.45, 2.75) is 31.0 Å². The van der Waals surface area contributed by atoms with Gasteiger partial charge in [-0.15, -0.1) is 0 Å². The summed E-state index contributed by atoms with van der Waals surface area (Å²) in [6.45, 7) is 7.06. The van der Waals surface area contributed by atoms with E-state index < -0.39 is 4.32 Å². The van der Waals surface area contributed by atoms with Crippen molar-refractivity contribution in [3.8, 4) is 0 Å². The Bertz CT molecular complexity index is 225. The topological polar surface area (TPSA) is 52.6 Å². The average molecular weight is 387 g/mol. The van der Waals surface area contributed by atoms with Gasteiger partial charge < -0.3 is 16.4 Å². The van der Waals surface area contributed by atoms with Crippen LogP contribution in [0.5, 0.6) is 0 Å². The number of halogens is 1. The van der Waals surface area contributed by atoms with E-state index in [1.807, 2.05) is 0 Å². The number of carbonyl (C=O) groups is 2. The maximum absolute atomic E-state index is 11.2. The van der Waals surface area contributed by atoms with Gasteiger partial charge in [0.15, 0.2) is 0 Å². The zero-order chi connectivity index (χ0) is 11.9. The number of hydrogen-bond acceptors (Lipinski definition) is 4. The molecule has 0 atom stereocenters. The molecular formula is C10H16BrO4Pd-. The van der Waals surface area contributed by atoms with Crippen LogP contribution in [0.25, 0.3) is 0 Å². The molecule has 0 unspecified atom stereocenters. The average Bonchev–Trinajstić information content (AvgIpc) is 2.11. The molecule has 0 spiro atoms. The van der Waals surface area contributed by atoms with Gasteiger partial charge in [0.1, 0.15) is 17.5 Å². The number of ether oxygens (including phenoxy) is 2. The molecule has 4 nitrogen and oxygen atoms in total. The Labute approximate surface area is 118 Å². The smallest absolute Gasteiger partial charge is 0.322 e. The summed E-state index contributed by atoms with van der Waals surface area (Å²) < 4.78 is 8.93. The number of rotatable bonds is 6. The summed E-state index contributed by atoms with van der Waals surface area (Å²) in [7, 11) is 0. The molecule has 0 aliphatic heterocycles. The van der Waals surface area contributed by atoms with E-state index in [0.717, 1.165) is 0 Å². The predicted molar refractivity (Wildman–Crippen MR) is 59.5 cm³/mol. The van der Waals surface area contributed by atoms with Crippen molar-refractivity contribution in [2.75, 3.05) is 13.2 Å². The second-order valence-corrected chi connectivity index (χ2v) is 5.41. The Balaban J connectivity index is 0. The van der Waals surface area contributed by atoms with Crippen LogP contribution < -0.4 is 0 Å². The first-order valence-electron chi connectivity index (χ1n) is 4.69. The van der Waals surface area contributed by atoms with Crippen LogP contribution in [0.4, 0.5) is 0 Å². The minimum absolute atomic E-state index is 0. The first-order chi connectivity index (χ1) is 6.88. The molecule has 0 saturated heterocycles. The Morgan fingerprint density at radius 2 is 1.75 bits per heavy atom. The van der Waals surface area contributed by atoms with E-state index in [1.54, 1.807) is 13.8 Å². The molecule has 98 valence electrons. The molecule has 0 bridgehead atoms. The molecule has 0 radical (unpaired) electrons. The third kappa shape index (κ3) is 9.32. The second-order valence-electron chi connectivity index (χ2n) is 3.43. The summed E-state index contributed by atoms with van der Waals surface area (Å²) in [4.78, 5) is 22.1. The summed E-state index contributed by atoms with van der Waals surface area (Å²) in [5.74, 6) is -0.699. The fourth-order valence-electron chi connectivity index (χ4n) is 0.678. The fourth-order valence-corrected chi connectivity index (χ4v) is 0.792. The molecule has 0 aliphatic rings. The van der Waals surface area contributed by atoms with Crippen LogP contribution in [0.2, 0.25) is 0 Å². The molecule has 6 heteroatoms. The van der Waals surface area contributed by atoms with Crippen molar-refractivity contribution in [3.63, 3.8) is 0 Å². The summed E-state index contributed by atoms with van der Waals surface area (Å²) in [5.41, 5.74) is 0. The van der Waals surface area contributed by atoms with Crippen molar-refractivity contribution < 1.29 is 39.5 Å². The maximum atomic E-state index is 11.2. The van der Waals surface area contributed by atoms with Crippen molar-refractivity contribution in [3.05, 3.63) is 6.92 Å². The molecule has 0 saturated carbocycles. The van der Waals surface area contributed by atoms with Crippen LogP contribution in [-0.2, 0) is 39.5 Å². The van der Waals surface area contributed by atoms with E-state index in [-0.39, 0.29) is 52.0 Å². The zero-order valence-corrected chi connectivity index (χ0v) is 12.5. The van der Waals surface area contributed by atoms with E-state index in [0.29, 0.717) is 6.42 Å². The van der Waals surface area contributed by atoms with E-state index in [9.17, 15) is 9.59 Å². The fraction of sp³-hybridized carbons (Fsp3) is 0.700. The molecule has 0 heterocycles. The van der Waals surface area contributed by atoms with Gasteiger partial charge in [0.25, 0.3) is 0 Å². The van der Waals surface area contributed by atoms with E-state index >= 15 is 0 Å². The van der Waals surface area contributed by atoms with Crippen LogP contribution in [0, 0.1) is 6.92 Å². The number of carbonyl (C=O) groups excluding carboxylic acids is 2. The quantitative estimate of drug-likeness (QED) is 0.230. The number of esters is 2. The van der Waals surface area contributed by atoms with Crippen molar-refractivity contribution in [1.82, 2.24) is 0 Å². The largest absolute Gasteiger partial charge is 0.462 e. The monoisotopic (exact) mass is 385 g/mol. The molecule has 0 amide bonds. The molecule has 0 aromatic carbocycles. The van der Waals surface area contributed by atoms with Crippen molar-refractivity contribution in [2.24, 2.45) is 0 Å². The Morgan fingerprint density at radius 1 is 1.25 bits per heavy atom. The van der Waals surface area contributed by atoms with Gasteiger partial charge in [0.2, 0.25) is 0 Å². The second kappa shape index (κ2) is 9.15. The third-order valence-electron chi connectivity index (χ3n) is 1.45. The maximum Gasteiger partial charge on any atom is 0.322 e. The minimum atomic E-state index is -0.704. The molecule has 0 aliphatic carbocycles. The van der Waals surface area contributed by atoms with E-state index in [4.69, 9.17) is 9.47 Å². The van der Waals surface area contributed by atoms with Gasteiger partial charge in [-0.25, -0.2) is 0 Å². The van der Waals surface area contributed by atoms with Gasteiger partial charge >= 0.3 is 11.9 Å². The predicted octanol–water partition coefficient (Wildman–Crippen LogP) is 1.86.